The first-order valence-corrected chi connectivity index (χ1v) is 11.2. The summed E-state index contributed by atoms with van der Waals surface area (Å²) in [5, 5.41) is 10.9. The first kappa shape index (κ1) is 25.3. The van der Waals surface area contributed by atoms with Gasteiger partial charge in [-0.15, -0.1) is 0 Å². The Morgan fingerprint density at radius 1 is 1.16 bits per heavy atom. The van der Waals surface area contributed by atoms with Gasteiger partial charge in [0.25, 0.3) is 5.69 Å². The summed E-state index contributed by atoms with van der Waals surface area (Å²) in [5.41, 5.74) is -0.257. The van der Waals surface area contributed by atoms with Gasteiger partial charge in [0.05, 0.1) is 24.2 Å². The summed E-state index contributed by atoms with van der Waals surface area (Å²) >= 11 is 0. The lowest BCUT2D eigenvalue weighted by molar-refractivity contribution is -0.385. The molecule has 0 atom stereocenters. The maximum atomic E-state index is 12.7. The summed E-state index contributed by atoms with van der Waals surface area (Å²) in [6, 6.07) is 4.23. The van der Waals surface area contributed by atoms with E-state index < -0.39 is 4.92 Å². The van der Waals surface area contributed by atoms with Gasteiger partial charge in [-0.1, -0.05) is 32.1 Å². The van der Waals surface area contributed by atoms with Gasteiger partial charge in [-0.2, -0.15) is 0 Å². The number of aldehydes is 1. The van der Waals surface area contributed by atoms with Crippen molar-refractivity contribution in [3.8, 4) is 5.75 Å². The molecule has 0 spiro atoms. The highest BCUT2D eigenvalue weighted by Gasteiger charge is 2.27. The number of carbonyl (C=O) groups is 3. The number of unbranched alkanes of at least 4 members (excludes halogenated alkanes) is 3. The number of hydrogen-bond acceptors (Lipinski definition) is 7. The standard InChI is InChI=1S/C23H32N2O7/c1-31-23(28)16-24(19-9-5-4-6-10-19)22(27)11-7-2-3-8-14-32-20-12-13-21(25(29)30)18(15-20)17-26/h12-13,15,17,19H,2-11,14,16H2,1H3. The third-order valence-electron chi connectivity index (χ3n) is 5.74. The molecule has 1 aliphatic carbocycles. The second-order valence-electron chi connectivity index (χ2n) is 8.00. The van der Waals surface area contributed by atoms with Gasteiger partial charge in [-0.05, 0) is 37.8 Å². The van der Waals surface area contributed by atoms with Gasteiger partial charge in [-0.25, -0.2) is 0 Å². The van der Waals surface area contributed by atoms with E-state index in [9.17, 15) is 24.5 Å². The molecule has 9 heteroatoms. The average Bonchev–Trinajstić information content (AvgIpc) is 2.81. The molecule has 0 aromatic heterocycles. The van der Waals surface area contributed by atoms with Crippen LogP contribution in [0.15, 0.2) is 18.2 Å². The van der Waals surface area contributed by atoms with Gasteiger partial charge in [0.15, 0.2) is 6.29 Å². The Kier molecular flexibility index (Phi) is 10.6. The molecular weight excluding hydrogens is 416 g/mol. The van der Waals surface area contributed by atoms with Gasteiger partial charge in [0, 0.05) is 18.5 Å². The zero-order valence-corrected chi connectivity index (χ0v) is 18.6. The van der Waals surface area contributed by atoms with E-state index in [4.69, 9.17) is 9.47 Å². The van der Waals surface area contributed by atoms with E-state index in [0.717, 1.165) is 51.4 Å². The van der Waals surface area contributed by atoms with Gasteiger partial charge in [0.1, 0.15) is 12.3 Å². The molecule has 1 fully saturated rings. The molecule has 32 heavy (non-hydrogen) atoms. The Morgan fingerprint density at radius 3 is 2.53 bits per heavy atom. The van der Waals surface area contributed by atoms with Crippen LogP contribution in [0.3, 0.4) is 0 Å². The van der Waals surface area contributed by atoms with Crippen molar-refractivity contribution >= 4 is 23.9 Å². The molecule has 1 aromatic rings. The topological polar surface area (TPSA) is 116 Å². The Bertz CT molecular complexity index is 791. The molecule has 9 nitrogen and oxygen atoms in total. The number of nitro benzene ring substituents is 1. The van der Waals surface area contributed by atoms with E-state index >= 15 is 0 Å². The molecule has 1 saturated carbocycles. The third kappa shape index (κ3) is 7.94. The number of nitro groups is 1. The Balaban J connectivity index is 1.69. The molecule has 176 valence electrons. The van der Waals surface area contributed by atoms with Crippen molar-refractivity contribution in [2.45, 2.75) is 70.3 Å². The fourth-order valence-electron chi connectivity index (χ4n) is 3.97. The number of hydrogen-bond donors (Lipinski definition) is 0. The van der Waals surface area contributed by atoms with Crippen molar-refractivity contribution in [1.82, 2.24) is 4.90 Å². The van der Waals surface area contributed by atoms with E-state index in [1.54, 1.807) is 4.90 Å². The van der Waals surface area contributed by atoms with E-state index in [0.29, 0.717) is 25.1 Å². The number of amides is 1. The molecule has 1 aliphatic rings. The summed E-state index contributed by atoms with van der Waals surface area (Å²) in [6.45, 7) is 0.437. The second kappa shape index (κ2) is 13.4. The highest BCUT2D eigenvalue weighted by Crippen LogP contribution is 2.24. The van der Waals surface area contributed by atoms with Crippen LogP contribution in [0.5, 0.6) is 5.75 Å². The van der Waals surface area contributed by atoms with Gasteiger partial charge in [-0.3, -0.25) is 24.5 Å². The lowest BCUT2D eigenvalue weighted by Crippen LogP contribution is -2.44. The molecule has 0 N–H and O–H groups in total. The van der Waals surface area contributed by atoms with Crippen LogP contribution in [0.25, 0.3) is 0 Å². The van der Waals surface area contributed by atoms with Gasteiger partial charge < -0.3 is 14.4 Å². The highest BCUT2D eigenvalue weighted by atomic mass is 16.6. The molecule has 2 rings (SSSR count). The van der Waals surface area contributed by atoms with Crippen molar-refractivity contribution in [2.24, 2.45) is 0 Å². The van der Waals surface area contributed by atoms with Crippen molar-refractivity contribution in [2.75, 3.05) is 20.3 Å². The first-order valence-electron chi connectivity index (χ1n) is 11.2. The normalized spacial score (nSPS) is 13.9. The van der Waals surface area contributed by atoms with Crippen LogP contribution in [0.4, 0.5) is 5.69 Å². The molecule has 0 aliphatic heterocycles. The fourth-order valence-corrected chi connectivity index (χ4v) is 3.97. The highest BCUT2D eigenvalue weighted by molar-refractivity contribution is 5.82. The third-order valence-corrected chi connectivity index (χ3v) is 5.74. The molecule has 1 amide bonds. The molecule has 0 saturated heterocycles. The van der Waals surface area contributed by atoms with Gasteiger partial charge >= 0.3 is 5.97 Å². The van der Waals surface area contributed by atoms with Crippen LogP contribution in [-0.4, -0.2) is 54.3 Å². The number of ether oxygens (including phenoxy) is 2. The second-order valence-corrected chi connectivity index (χ2v) is 8.00. The predicted molar refractivity (Wildman–Crippen MR) is 118 cm³/mol. The van der Waals surface area contributed by atoms with E-state index in [2.05, 4.69) is 0 Å². The van der Waals surface area contributed by atoms with Crippen LogP contribution in [0.2, 0.25) is 0 Å². The van der Waals surface area contributed by atoms with Crippen LogP contribution in [-0.2, 0) is 14.3 Å². The van der Waals surface area contributed by atoms with E-state index in [1.165, 1.54) is 31.7 Å². The number of esters is 1. The average molecular weight is 449 g/mol. The Hall–Kier alpha value is -2.97. The smallest absolute Gasteiger partial charge is 0.325 e. The first-order chi connectivity index (χ1) is 15.5. The lowest BCUT2D eigenvalue weighted by Gasteiger charge is -2.33. The summed E-state index contributed by atoms with van der Waals surface area (Å²) in [7, 11) is 1.34. The molecule has 0 radical (unpaired) electrons. The molecule has 0 unspecified atom stereocenters. The fraction of sp³-hybridized carbons (Fsp3) is 0.609. The number of carbonyl (C=O) groups excluding carboxylic acids is 3. The zero-order valence-electron chi connectivity index (χ0n) is 18.6. The van der Waals surface area contributed by atoms with Crippen molar-refractivity contribution in [3.63, 3.8) is 0 Å². The van der Waals surface area contributed by atoms with Gasteiger partial charge in [0.2, 0.25) is 5.91 Å². The van der Waals surface area contributed by atoms with Crippen LogP contribution in [0, 0.1) is 10.1 Å². The monoisotopic (exact) mass is 448 g/mol. The van der Waals surface area contributed by atoms with E-state index in [1.807, 2.05) is 0 Å². The minimum absolute atomic E-state index is 0.00539. The SMILES string of the molecule is COC(=O)CN(C(=O)CCCCCCOc1ccc([N+](=O)[O-])c(C=O)c1)C1CCCCC1. The lowest BCUT2D eigenvalue weighted by atomic mass is 9.93. The largest absolute Gasteiger partial charge is 0.494 e. The Morgan fingerprint density at radius 2 is 1.88 bits per heavy atom. The maximum Gasteiger partial charge on any atom is 0.325 e. The number of nitrogens with zero attached hydrogens (tertiary/aromatic N) is 2. The summed E-state index contributed by atoms with van der Waals surface area (Å²) in [5.74, 6) is 0.0367. The molecule has 0 bridgehead atoms. The van der Waals surface area contributed by atoms with Crippen LogP contribution >= 0.6 is 0 Å². The quantitative estimate of drug-likeness (QED) is 0.147. The number of methoxy groups -OCH3 is 1. The van der Waals surface area contributed by atoms with Crippen molar-refractivity contribution < 1.29 is 28.8 Å². The van der Waals surface area contributed by atoms with Crippen LogP contribution in [0.1, 0.15) is 74.6 Å². The minimum atomic E-state index is -0.602. The summed E-state index contributed by atoms with van der Waals surface area (Å²) in [4.78, 5) is 47.4. The molecular formula is C23H32N2O7. The predicted octanol–water partition coefficient (Wildman–Crippen LogP) is 4.07. The minimum Gasteiger partial charge on any atom is -0.494 e. The molecule has 1 aromatic carbocycles. The summed E-state index contributed by atoms with van der Waals surface area (Å²) in [6.07, 6.45) is 9.27. The summed E-state index contributed by atoms with van der Waals surface area (Å²) < 4.78 is 10.3. The number of rotatable bonds is 13. The Labute approximate surface area is 188 Å². The van der Waals surface area contributed by atoms with E-state index in [-0.39, 0.29) is 35.7 Å². The van der Waals surface area contributed by atoms with Crippen molar-refractivity contribution in [1.29, 1.82) is 0 Å². The van der Waals surface area contributed by atoms with Crippen LogP contribution < -0.4 is 4.74 Å². The maximum absolute atomic E-state index is 12.7. The molecule has 0 heterocycles. The number of benzene rings is 1. The van der Waals surface area contributed by atoms with Crippen molar-refractivity contribution in [3.05, 3.63) is 33.9 Å². The zero-order chi connectivity index (χ0) is 23.3.